The minimum Gasteiger partial charge on any atom is -0.491 e. The minimum atomic E-state index is 0.248. The van der Waals surface area contributed by atoms with Crippen molar-refractivity contribution in [3.05, 3.63) is 54.1 Å². The summed E-state index contributed by atoms with van der Waals surface area (Å²) >= 11 is 0. The molecule has 1 atom stereocenters. The van der Waals surface area contributed by atoms with Crippen molar-refractivity contribution in [2.45, 2.75) is 46.1 Å². The molecule has 0 radical (unpaired) electrons. The highest BCUT2D eigenvalue weighted by atomic mass is 16.5. The number of anilines is 1. The Bertz CT molecular complexity index is 607. The van der Waals surface area contributed by atoms with E-state index in [-0.39, 0.29) is 6.10 Å². The third kappa shape index (κ3) is 5.48. The Morgan fingerprint density at radius 1 is 0.958 bits per heavy atom. The Morgan fingerprint density at radius 3 is 2.33 bits per heavy atom. The van der Waals surface area contributed by atoms with E-state index >= 15 is 0 Å². The molecule has 3 nitrogen and oxygen atoms in total. The lowest BCUT2D eigenvalue weighted by atomic mass is 10.0. The zero-order chi connectivity index (χ0) is 17.4. The van der Waals surface area contributed by atoms with E-state index in [9.17, 15) is 0 Å². The maximum absolute atomic E-state index is 5.92. The first-order chi connectivity index (χ1) is 11.6. The van der Waals surface area contributed by atoms with Gasteiger partial charge in [0.05, 0.1) is 6.10 Å². The van der Waals surface area contributed by atoms with Gasteiger partial charge in [-0.2, -0.15) is 0 Å². The molecule has 0 aromatic heterocycles. The molecular formula is C21H29NO2. The number of nitrogens with one attached hydrogen (secondary N) is 1. The van der Waals surface area contributed by atoms with Crippen LogP contribution in [0, 0.1) is 0 Å². The fraction of sp³-hybridized carbons (Fsp3) is 0.429. The maximum atomic E-state index is 5.92. The predicted octanol–water partition coefficient (Wildman–Crippen LogP) is 5.48. The first-order valence-corrected chi connectivity index (χ1v) is 8.82. The number of benzene rings is 2. The van der Waals surface area contributed by atoms with Crippen molar-refractivity contribution >= 4 is 5.69 Å². The molecule has 0 spiro atoms. The van der Waals surface area contributed by atoms with E-state index in [1.165, 1.54) is 5.56 Å². The molecule has 2 aromatic carbocycles. The Hall–Kier alpha value is -2.16. The third-order valence-corrected chi connectivity index (χ3v) is 4.00. The Labute approximate surface area is 146 Å². The second-order valence-electron chi connectivity index (χ2n) is 6.33. The van der Waals surface area contributed by atoms with Crippen molar-refractivity contribution < 1.29 is 9.47 Å². The first-order valence-electron chi connectivity index (χ1n) is 8.82. The van der Waals surface area contributed by atoms with E-state index < -0.39 is 0 Å². The maximum Gasteiger partial charge on any atom is 0.122 e. The summed E-state index contributed by atoms with van der Waals surface area (Å²) in [6.45, 7) is 9.97. The van der Waals surface area contributed by atoms with Crippen molar-refractivity contribution in [1.82, 2.24) is 0 Å². The summed E-state index contributed by atoms with van der Waals surface area (Å²) in [5, 5.41) is 3.38. The molecule has 0 heterocycles. The van der Waals surface area contributed by atoms with E-state index in [0.717, 1.165) is 30.2 Å². The van der Waals surface area contributed by atoms with E-state index in [0.29, 0.717) is 12.5 Å². The first kappa shape index (κ1) is 18.2. The van der Waals surface area contributed by atoms with Gasteiger partial charge >= 0.3 is 0 Å². The molecule has 130 valence electrons. The molecule has 0 amide bonds. The average Bonchev–Trinajstić information content (AvgIpc) is 2.60. The SMILES string of the molecule is CCC(C)Oc1ccc(NCCOc2ccccc2C(C)C)cc1. The molecule has 0 aliphatic rings. The van der Waals surface area contributed by atoms with Crippen molar-refractivity contribution in [1.29, 1.82) is 0 Å². The van der Waals surface area contributed by atoms with Crippen LogP contribution in [0.4, 0.5) is 5.69 Å². The van der Waals surface area contributed by atoms with Crippen LogP contribution in [0.5, 0.6) is 11.5 Å². The zero-order valence-electron chi connectivity index (χ0n) is 15.2. The molecule has 1 N–H and O–H groups in total. The molecule has 0 saturated carbocycles. The van der Waals surface area contributed by atoms with Crippen LogP contribution in [0.25, 0.3) is 0 Å². The average molecular weight is 327 g/mol. The summed E-state index contributed by atoms with van der Waals surface area (Å²) < 4.78 is 11.7. The summed E-state index contributed by atoms with van der Waals surface area (Å²) in [6.07, 6.45) is 1.26. The zero-order valence-corrected chi connectivity index (χ0v) is 15.2. The monoisotopic (exact) mass is 327 g/mol. The normalized spacial score (nSPS) is 12.0. The minimum absolute atomic E-state index is 0.248. The summed E-state index contributed by atoms with van der Waals surface area (Å²) in [5.41, 5.74) is 2.33. The predicted molar refractivity (Wildman–Crippen MR) is 101 cm³/mol. The van der Waals surface area contributed by atoms with Crippen LogP contribution in [0.3, 0.4) is 0 Å². The van der Waals surface area contributed by atoms with Gasteiger partial charge in [0, 0.05) is 12.2 Å². The van der Waals surface area contributed by atoms with E-state index in [2.05, 4.69) is 45.1 Å². The number of para-hydroxylation sites is 1. The lowest BCUT2D eigenvalue weighted by Gasteiger charge is -2.15. The van der Waals surface area contributed by atoms with Crippen LogP contribution in [-0.4, -0.2) is 19.3 Å². The second kappa shape index (κ2) is 9.21. The number of rotatable bonds is 9. The van der Waals surface area contributed by atoms with Crippen molar-refractivity contribution in [2.24, 2.45) is 0 Å². The Morgan fingerprint density at radius 2 is 1.67 bits per heavy atom. The highest BCUT2D eigenvalue weighted by Crippen LogP contribution is 2.25. The molecule has 1 unspecified atom stereocenters. The van der Waals surface area contributed by atoms with E-state index in [1.807, 2.05) is 36.4 Å². The molecule has 0 fully saturated rings. The van der Waals surface area contributed by atoms with Crippen molar-refractivity contribution in [2.75, 3.05) is 18.5 Å². The standard InChI is InChI=1S/C21H29NO2/c1-5-17(4)24-19-12-10-18(11-13-19)22-14-15-23-21-9-7-6-8-20(21)16(2)3/h6-13,16-17,22H,5,14-15H2,1-4H3. The van der Waals surface area contributed by atoms with Gasteiger partial charge in [0.15, 0.2) is 0 Å². The quantitative estimate of drug-likeness (QED) is 0.619. The molecule has 0 aliphatic carbocycles. The smallest absolute Gasteiger partial charge is 0.122 e. The fourth-order valence-corrected chi connectivity index (χ4v) is 2.41. The number of hydrogen-bond donors (Lipinski definition) is 1. The molecule has 2 aromatic rings. The fourth-order valence-electron chi connectivity index (χ4n) is 2.41. The Balaban J connectivity index is 1.78. The van der Waals surface area contributed by atoms with E-state index in [4.69, 9.17) is 9.47 Å². The van der Waals surface area contributed by atoms with E-state index in [1.54, 1.807) is 0 Å². The van der Waals surface area contributed by atoms with Gasteiger partial charge in [-0.1, -0.05) is 39.0 Å². The van der Waals surface area contributed by atoms with Crippen LogP contribution in [0.2, 0.25) is 0 Å². The van der Waals surface area contributed by atoms with Crippen LogP contribution >= 0.6 is 0 Å². The second-order valence-corrected chi connectivity index (χ2v) is 6.33. The molecular weight excluding hydrogens is 298 g/mol. The van der Waals surface area contributed by atoms with Crippen LogP contribution < -0.4 is 14.8 Å². The Kier molecular flexibility index (Phi) is 6.98. The number of hydrogen-bond acceptors (Lipinski definition) is 3. The van der Waals surface area contributed by atoms with Gasteiger partial charge in [-0.25, -0.2) is 0 Å². The largest absolute Gasteiger partial charge is 0.491 e. The highest BCUT2D eigenvalue weighted by molar-refractivity contribution is 5.46. The molecule has 0 aliphatic heterocycles. The van der Waals surface area contributed by atoms with Gasteiger partial charge in [-0.15, -0.1) is 0 Å². The summed E-state index contributed by atoms with van der Waals surface area (Å²) in [6, 6.07) is 16.3. The molecule has 3 heteroatoms. The highest BCUT2D eigenvalue weighted by Gasteiger charge is 2.06. The number of ether oxygens (including phenoxy) is 2. The lowest BCUT2D eigenvalue weighted by Crippen LogP contribution is -2.12. The van der Waals surface area contributed by atoms with Gasteiger partial charge in [0.25, 0.3) is 0 Å². The molecule has 0 bridgehead atoms. The molecule has 0 saturated heterocycles. The topological polar surface area (TPSA) is 30.5 Å². The molecule has 24 heavy (non-hydrogen) atoms. The lowest BCUT2D eigenvalue weighted by molar-refractivity contribution is 0.217. The van der Waals surface area contributed by atoms with Gasteiger partial charge < -0.3 is 14.8 Å². The van der Waals surface area contributed by atoms with Crippen LogP contribution in [0.15, 0.2) is 48.5 Å². The van der Waals surface area contributed by atoms with Gasteiger partial charge in [0.1, 0.15) is 18.1 Å². The van der Waals surface area contributed by atoms with Gasteiger partial charge in [-0.3, -0.25) is 0 Å². The third-order valence-electron chi connectivity index (χ3n) is 4.00. The molecule has 2 rings (SSSR count). The summed E-state index contributed by atoms with van der Waals surface area (Å²) in [4.78, 5) is 0. The van der Waals surface area contributed by atoms with Crippen molar-refractivity contribution in [3.63, 3.8) is 0 Å². The summed E-state index contributed by atoms with van der Waals surface area (Å²) in [7, 11) is 0. The van der Waals surface area contributed by atoms with Crippen LogP contribution in [0.1, 0.15) is 45.6 Å². The summed E-state index contributed by atoms with van der Waals surface area (Å²) in [5.74, 6) is 2.36. The van der Waals surface area contributed by atoms with Gasteiger partial charge in [-0.05, 0) is 55.2 Å². The van der Waals surface area contributed by atoms with Crippen molar-refractivity contribution in [3.8, 4) is 11.5 Å². The van der Waals surface area contributed by atoms with Gasteiger partial charge in [0.2, 0.25) is 0 Å². The van der Waals surface area contributed by atoms with Crippen LogP contribution in [-0.2, 0) is 0 Å².